The molecule has 0 aliphatic heterocycles. The highest BCUT2D eigenvalue weighted by Crippen LogP contribution is 2.04. The van der Waals surface area contributed by atoms with Crippen LogP contribution in [0.3, 0.4) is 0 Å². The van der Waals surface area contributed by atoms with Crippen LogP contribution in [-0.2, 0) is 6.54 Å². The molecule has 0 bridgehead atoms. The van der Waals surface area contributed by atoms with Gasteiger partial charge in [-0.25, -0.2) is 0 Å². The Bertz CT molecular complexity index is 460. The summed E-state index contributed by atoms with van der Waals surface area (Å²) in [5.41, 5.74) is 9.97. The zero-order chi connectivity index (χ0) is 11.4. The lowest BCUT2D eigenvalue weighted by Crippen LogP contribution is -2.13. The summed E-state index contributed by atoms with van der Waals surface area (Å²) in [5.74, 6) is -0.398. The van der Waals surface area contributed by atoms with Crippen LogP contribution in [0.5, 0.6) is 0 Å². The van der Waals surface area contributed by atoms with E-state index in [4.69, 9.17) is 5.73 Å². The Labute approximate surface area is 93.7 Å². The summed E-state index contributed by atoms with van der Waals surface area (Å²) in [6, 6.07) is 11.1. The number of hydrogen-bond acceptors (Lipinski definition) is 2. The van der Waals surface area contributed by atoms with Crippen LogP contribution in [-0.4, -0.2) is 10.6 Å². The Morgan fingerprint density at radius 2 is 1.81 bits per heavy atom. The number of carbonyl (C=O) groups excluding carboxylic acids is 1. The van der Waals surface area contributed by atoms with Gasteiger partial charge in [0.15, 0.2) is 0 Å². The average molecular weight is 215 g/mol. The summed E-state index contributed by atoms with van der Waals surface area (Å²) in [6.07, 6.45) is 3.86. The summed E-state index contributed by atoms with van der Waals surface area (Å²) in [5, 5.41) is 0. The number of carbonyl (C=O) groups is 1. The maximum Gasteiger partial charge on any atom is 0.248 e. The molecule has 0 saturated carbocycles. The van der Waals surface area contributed by atoms with Crippen molar-refractivity contribution in [2.45, 2.75) is 6.54 Å². The van der Waals surface area contributed by atoms with Crippen LogP contribution in [0.25, 0.3) is 0 Å². The van der Waals surface area contributed by atoms with Gasteiger partial charge < -0.3 is 11.2 Å². The highest BCUT2D eigenvalue weighted by atomic mass is 16.1. The van der Waals surface area contributed by atoms with E-state index in [-0.39, 0.29) is 0 Å². The number of nitrogens with zero attached hydrogens (tertiary/aromatic N) is 1. The van der Waals surface area contributed by atoms with E-state index in [1.54, 1.807) is 12.1 Å². The van der Waals surface area contributed by atoms with Gasteiger partial charge in [0.1, 0.15) is 0 Å². The number of benzene rings is 1. The Kier molecular flexibility index (Phi) is 2.91. The summed E-state index contributed by atoms with van der Waals surface area (Å²) < 4.78 is 1.88. The molecule has 1 aromatic heterocycles. The van der Waals surface area contributed by atoms with Crippen molar-refractivity contribution in [1.82, 2.24) is 4.68 Å². The minimum atomic E-state index is -0.398. The molecule has 2 rings (SSSR count). The normalized spacial score (nSPS) is 10.0. The molecule has 2 aromatic rings. The lowest BCUT2D eigenvalue weighted by molar-refractivity contribution is 0.100. The Hall–Kier alpha value is -2.23. The van der Waals surface area contributed by atoms with Crippen molar-refractivity contribution >= 4 is 5.91 Å². The molecule has 4 nitrogen and oxygen atoms in total. The fraction of sp³-hybridized carbons (Fsp3) is 0.0833. The number of rotatable bonds is 4. The smallest absolute Gasteiger partial charge is 0.248 e. The molecule has 0 radical (unpaired) electrons. The van der Waals surface area contributed by atoms with Gasteiger partial charge in [0.25, 0.3) is 0 Å². The van der Waals surface area contributed by atoms with Gasteiger partial charge >= 0.3 is 0 Å². The van der Waals surface area contributed by atoms with Crippen LogP contribution in [0, 0.1) is 0 Å². The maximum absolute atomic E-state index is 10.9. The minimum absolute atomic E-state index is 0.398. The molecule has 16 heavy (non-hydrogen) atoms. The van der Waals surface area contributed by atoms with E-state index in [0.29, 0.717) is 12.1 Å². The number of primary amides is 1. The lowest BCUT2D eigenvalue weighted by Gasteiger charge is -2.07. The van der Waals surface area contributed by atoms with Crippen LogP contribution in [0.1, 0.15) is 15.9 Å². The van der Waals surface area contributed by atoms with E-state index in [2.05, 4.69) is 5.43 Å². The first-order chi connectivity index (χ1) is 7.75. The highest BCUT2D eigenvalue weighted by molar-refractivity contribution is 5.92. The molecule has 0 spiro atoms. The van der Waals surface area contributed by atoms with Crippen molar-refractivity contribution in [3.8, 4) is 0 Å². The van der Waals surface area contributed by atoms with Gasteiger partial charge in [-0.05, 0) is 29.8 Å². The first-order valence-electron chi connectivity index (χ1n) is 5.01. The summed E-state index contributed by atoms with van der Waals surface area (Å²) in [6.45, 7) is 0.702. The monoisotopic (exact) mass is 215 g/mol. The minimum Gasteiger partial charge on any atom is -0.366 e. The molecule has 0 atom stereocenters. The van der Waals surface area contributed by atoms with Gasteiger partial charge in [0, 0.05) is 18.0 Å². The third-order valence-corrected chi connectivity index (χ3v) is 2.31. The van der Waals surface area contributed by atoms with Crippen molar-refractivity contribution in [2.75, 3.05) is 5.43 Å². The second-order valence-electron chi connectivity index (χ2n) is 3.49. The largest absolute Gasteiger partial charge is 0.366 e. The van der Waals surface area contributed by atoms with Gasteiger partial charge in [-0.1, -0.05) is 12.1 Å². The molecule has 82 valence electrons. The van der Waals surface area contributed by atoms with Gasteiger partial charge in [-0.3, -0.25) is 9.47 Å². The number of nitrogens with two attached hydrogens (primary N) is 1. The Balaban J connectivity index is 1.98. The van der Waals surface area contributed by atoms with E-state index < -0.39 is 5.91 Å². The van der Waals surface area contributed by atoms with Crippen molar-refractivity contribution in [2.24, 2.45) is 5.73 Å². The molecule has 0 aliphatic rings. The van der Waals surface area contributed by atoms with Crippen LogP contribution in [0.15, 0.2) is 48.8 Å². The molecule has 0 fully saturated rings. The van der Waals surface area contributed by atoms with E-state index in [1.807, 2.05) is 41.3 Å². The summed E-state index contributed by atoms with van der Waals surface area (Å²) >= 11 is 0. The third-order valence-electron chi connectivity index (χ3n) is 2.31. The predicted octanol–water partition coefficient (Wildman–Crippen LogP) is 1.33. The number of hydrogen-bond donors (Lipinski definition) is 2. The van der Waals surface area contributed by atoms with Gasteiger partial charge in [-0.2, -0.15) is 0 Å². The first-order valence-corrected chi connectivity index (χ1v) is 5.01. The van der Waals surface area contributed by atoms with E-state index in [9.17, 15) is 4.79 Å². The third kappa shape index (κ3) is 2.42. The topological polar surface area (TPSA) is 60.1 Å². The second-order valence-corrected chi connectivity index (χ2v) is 3.49. The zero-order valence-electron chi connectivity index (χ0n) is 8.76. The number of amides is 1. The standard InChI is InChI=1S/C12H13N3O/c13-12(16)11-5-3-10(4-6-11)9-14-15-7-1-2-8-15/h1-8,14H,9H2,(H2,13,16). The molecule has 1 aromatic carbocycles. The molecule has 1 heterocycles. The number of aromatic nitrogens is 1. The quantitative estimate of drug-likeness (QED) is 0.808. The fourth-order valence-electron chi connectivity index (χ4n) is 1.41. The second kappa shape index (κ2) is 4.53. The number of nitrogens with one attached hydrogen (secondary N) is 1. The van der Waals surface area contributed by atoms with Crippen molar-refractivity contribution in [3.63, 3.8) is 0 Å². The summed E-state index contributed by atoms with van der Waals surface area (Å²) in [4.78, 5) is 10.9. The van der Waals surface area contributed by atoms with Gasteiger partial charge in [0.2, 0.25) is 5.91 Å². The van der Waals surface area contributed by atoms with Crippen LogP contribution in [0.4, 0.5) is 0 Å². The Morgan fingerprint density at radius 1 is 1.19 bits per heavy atom. The predicted molar refractivity (Wildman–Crippen MR) is 62.5 cm³/mol. The van der Waals surface area contributed by atoms with Crippen molar-refractivity contribution in [3.05, 3.63) is 59.9 Å². The van der Waals surface area contributed by atoms with Crippen LogP contribution < -0.4 is 11.2 Å². The molecule has 0 saturated heterocycles. The molecule has 3 N–H and O–H groups in total. The fourth-order valence-corrected chi connectivity index (χ4v) is 1.41. The van der Waals surface area contributed by atoms with Crippen molar-refractivity contribution in [1.29, 1.82) is 0 Å². The van der Waals surface area contributed by atoms with Crippen LogP contribution in [0.2, 0.25) is 0 Å². The Morgan fingerprint density at radius 3 is 2.38 bits per heavy atom. The SMILES string of the molecule is NC(=O)c1ccc(CNn2cccc2)cc1. The van der Waals surface area contributed by atoms with E-state index in [0.717, 1.165) is 5.56 Å². The highest BCUT2D eigenvalue weighted by Gasteiger charge is 1.99. The molecule has 1 amide bonds. The van der Waals surface area contributed by atoms with Gasteiger partial charge in [0.05, 0.1) is 6.54 Å². The zero-order valence-corrected chi connectivity index (χ0v) is 8.76. The summed E-state index contributed by atoms with van der Waals surface area (Å²) in [7, 11) is 0. The molecule has 0 aliphatic carbocycles. The van der Waals surface area contributed by atoms with E-state index >= 15 is 0 Å². The lowest BCUT2D eigenvalue weighted by atomic mass is 10.1. The molecular formula is C12H13N3O. The molecular weight excluding hydrogens is 202 g/mol. The van der Waals surface area contributed by atoms with Gasteiger partial charge in [-0.15, -0.1) is 0 Å². The van der Waals surface area contributed by atoms with Crippen molar-refractivity contribution < 1.29 is 4.79 Å². The molecule has 0 unspecified atom stereocenters. The van der Waals surface area contributed by atoms with Crippen LogP contribution >= 0.6 is 0 Å². The average Bonchev–Trinajstić information content (AvgIpc) is 2.80. The maximum atomic E-state index is 10.9. The molecule has 4 heteroatoms. The van der Waals surface area contributed by atoms with E-state index in [1.165, 1.54) is 0 Å². The first kappa shape index (κ1) is 10.3.